The predicted octanol–water partition coefficient (Wildman–Crippen LogP) is 0.346. The minimum absolute atomic E-state index is 0.0911. The van der Waals surface area contributed by atoms with E-state index in [0.717, 1.165) is 6.20 Å². The summed E-state index contributed by atoms with van der Waals surface area (Å²) in [5, 5.41) is 31.5. The third-order valence-electron chi connectivity index (χ3n) is 2.94. The summed E-state index contributed by atoms with van der Waals surface area (Å²) in [6, 6.07) is 0. The summed E-state index contributed by atoms with van der Waals surface area (Å²) in [5.41, 5.74) is -0.809. The molecular weight excluding hydrogens is 310 g/mol. The van der Waals surface area contributed by atoms with E-state index in [0.29, 0.717) is 6.54 Å². The largest absolute Gasteiger partial charge is 0.349 e. The van der Waals surface area contributed by atoms with Crippen LogP contribution >= 0.6 is 0 Å². The molecule has 0 radical (unpaired) electrons. The van der Waals surface area contributed by atoms with Gasteiger partial charge in [0.05, 0.1) is 16.4 Å². The zero-order chi connectivity index (χ0) is 17.0. The van der Waals surface area contributed by atoms with Crippen molar-refractivity contribution in [1.29, 1.82) is 0 Å². The molecule has 0 aliphatic carbocycles. The molecule has 0 aromatic carbocycles. The van der Waals surface area contributed by atoms with Crippen molar-refractivity contribution in [2.75, 3.05) is 6.54 Å². The second kappa shape index (κ2) is 6.64. The summed E-state index contributed by atoms with van der Waals surface area (Å²) in [6.45, 7) is 2.41. The highest BCUT2D eigenvalue weighted by Gasteiger charge is 2.25. The molecule has 0 atom stereocenters. The van der Waals surface area contributed by atoms with E-state index in [-0.39, 0.29) is 30.2 Å². The van der Waals surface area contributed by atoms with Crippen molar-refractivity contribution in [2.24, 2.45) is 0 Å². The van der Waals surface area contributed by atoms with Crippen LogP contribution in [0.15, 0.2) is 18.6 Å². The Morgan fingerprint density at radius 3 is 2.57 bits per heavy atom. The molecule has 0 aliphatic rings. The molecule has 2 aromatic rings. The minimum Gasteiger partial charge on any atom is -0.349 e. The minimum atomic E-state index is -0.689. The lowest BCUT2D eigenvalue weighted by molar-refractivity contribution is -0.385. The van der Waals surface area contributed by atoms with Crippen LogP contribution in [-0.2, 0) is 13.1 Å². The van der Waals surface area contributed by atoms with Crippen molar-refractivity contribution in [3.63, 3.8) is 0 Å². The molecule has 0 spiro atoms. The van der Waals surface area contributed by atoms with Crippen LogP contribution in [0.3, 0.4) is 0 Å². The molecule has 0 saturated heterocycles. The predicted molar refractivity (Wildman–Crippen MR) is 75.8 cm³/mol. The molecule has 23 heavy (non-hydrogen) atoms. The molecule has 0 unspecified atom stereocenters. The van der Waals surface area contributed by atoms with Crippen LogP contribution in [0.2, 0.25) is 0 Å². The number of carbonyl (C=O) groups is 1. The van der Waals surface area contributed by atoms with Gasteiger partial charge in [-0.05, 0) is 6.92 Å². The standard InChI is InChI=1S/C11H13N7O5/c1-2-15-7-9(18(22)23)10(14-15)11(19)12-3-4-16-6-8(5-13-16)17(20)21/h5-7H,2-4H2,1H3,(H,12,19). The fourth-order valence-electron chi connectivity index (χ4n) is 1.81. The first-order valence-electron chi connectivity index (χ1n) is 6.59. The van der Waals surface area contributed by atoms with Crippen molar-refractivity contribution in [2.45, 2.75) is 20.0 Å². The van der Waals surface area contributed by atoms with Crippen LogP contribution in [0.4, 0.5) is 11.4 Å². The Morgan fingerprint density at radius 1 is 1.26 bits per heavy atom. The molecule has 0 aliphatic heterocycles. The summed E-state index contributed by atoms with van der Waals surface area (Å²) < 4.78 is 2.58. The quantitative estimate of drug-likeness (QED) is 0.570. The molecule has 1 amide bonds. The Bertz CT molecular complexity index is 750. The Balaban J connectivity index is 1.98. The lowest BCUT2D eigenvalue weighted by Crippen LogP contribution is -2.28. The van der Waals surface area contributed by atoms with E-state index in [1.165, 1.54) is 21.8 Å². The highest BCUT2D eigenvalue weighted by Crippen LogP contribution is 2.16. The second-order valence-electron chi connectivity index (χ2n) is 4.45. The van der Waals surface area contributed by atoms with Gasteiger partial charge < -0.3 is 5.32 Å². The van der Waals surface area contributed by atoms with Crippen molar-refractivity contribution < 1.29 is 14.6 Å². The fraction of sp³-hybridized carbons (Fsp3) is 0.364. The van der Waals surface area contributed by atoms with E-state index in [1.807, 2.05) is 0 Å². The highest BCUT2D eigenvalue weighted by atomic mass is 16.6. The first-order valence-corrected chi connectivity index (χ1v) is 6.59. The van der Waals surface area contributed by atoms with E-state index in [4.69, 9.17) is 0 Å². The number of amides is 1. The van der Waals surface area contributed by atoms with E-state index >= 15 is 0 Å². The molecule has 2 aromatic heterocycles. The van der Waals surface area contributed by atoms with Gasteiger partial charge in [0.1, 0.15) is 18.6 Å². The van der Waals surface area contributed by atoms with Gasteiger partial charge in [0.2, 0.25) is 5.69 Å². The van der Waals surface area contributed by atoms with Crippen molar-refractivity contribution in [3.05, 3.63) is 44.5 Å². The van der Waals surface area contributed by atoms with Gasteiger partial charge in [-0.25, -0.2) is 0 Å². The van der Waals surface area contributed by atoms with Crippen molar-refractivity contribution >= 4 is 17.3 Å². The van der Waals surface area contributed by atoms with E-state index in [9.17, 15) is 25.0 Å². The number of nitro groups is 2. The lowest BCUT2D eigenvalue weighted by atomic mass is 10.3. The summed E-state index contributed by atoms with van der Waals surface area (Å²) in [6.07, 6.45) is 3.50. The average Bonchev–Trinajstić information content (AvgIpc) is 3.13. The van der Waals surface area contributed by atoms with E-state index in [1.54, 1.807) is 6.92 Å². The van der Waals surface area contributed by atoms with Crippen LogP contribution in [-0.4, -0.2) is 41.9 Å². The Kier molecular flexibility index (Phi) is 4.64. The molecule has 122 valence electrons. The van der Waals surface area contributed by atoms with Crippen LogP contribution in [0.1, 0.15) is 17.4 Å². The normalized spacial score (nSPS) is 10.5. The summed E-state index contributed by atoms with van der Waals surface area (Å²) in [5.74, 6) is -0.689. The van der Waals surface area contributed by atoms with Crippen molar-refractivity contribution in [3.8, 4) is 0 Å². The maximum absolute atomic E-state index is 12.0. The Labute approximate surface area is 129 Å². The highest BCUT2D eigenvalue weighted by molar-refractivity contribution is 5.95. The lowest BCUT2D eigenvalue weighted by Gasteiger charge is -2.03. The first kappa shape index (κ1) is 16.1. The number of hydrogen-bond acceptors (Lipinski definition) is 7. The van der Waals surface area contributed by atoms with Crippen LogP contribution in [0, 0.1) is 20.2 Å². The van der Waals surface area contributed by atoms with Gasteiger partial charge in [-0.1, -0.05) is 0 Å². The van der Waals surface area contributed by atoms with Crippen LogP contribution in [0.25, 0.3) is 0 Å². The summed E-state index contributed by atoms with van der Waals surface area (Å²) in [7, 11) is 0. The number of rotatable bonds is 7. The van der Waals surface area contributed by atoms with Gasteiger partial charge in [-0.15, -0.1) is 0 Å². The van der Waals surface area contributed by atoms with Crippen molar-refractivity contribution in [1.82, 2.24) is 24.9 Å². The number of hydrogen-bond donors (Lipinski definition) is 1. The van der Waals surface area contributed by atoms with E-state index in [2.05, 4.69) is 15.5 Å². The van der Waals surface area contributed by atoms with Gasteiger partial charge in [0, 0.05) is 13.1 Å². The molecule has 2 rings (SSSR count). The maximum Gasteiger partial charge on any atom is 0.320 e. The monoisotopic (exact) mass is 323 g/mol. The zero-order valence-electron chi connectivity index (χ0n) is 12.1. The molecule has 0 bridgehead atoms. The van der Waals surface area contributed by atoms with Gasteiger partial charge in [0.25, 0.3) is 5.91 Å². The third kappa shape index (κ3) is 3.66. The SMILES string of the molecule is CCn1cc([N+](=O)[O-])c(C(=O)NCCn2cc([N+](=O)[O-])cn2)n1. The maximum atomic E-state index is 12.0. The molecule has 2 heterocycles. The van der Waals surface area contributed by atoms with Gasteiger partial charge in [0.15, 0.2) is 0 Å². The summed E-state index contributed by atoms with van der Waals surface area (Å²) >= 11 is 0. The van der Waals surface area contributed by atoms with Gasteiger partial charge in [-0.2, -0.15) is 10.2 Å². The third-order valence-corrected chi connectivity index (χ3v) is 2.94. The molecule has 0 saturated carbocycles. The molecule has 12 nitrogen and oxygen atoms in total. The van der Waals surface area contributed by atoms with Gasteiger partial charge in [-0.3, -0.25) is 34.4 Å². The number of aryl methyl sites for hydroxylation is 1. The molecule has 12 heteroatoms. The van der Waals surface area contributed by atoms with Gasteiger partial charge >= 0.3 is 11.4 Å². The van der Waals surface area contributed by atoms with Crippen LogP contribution in [0.5, 0.6) is 0 Å². The molecule has 0 fully saturated rings. The molecular formula is C11H13N7O5. The number of nitrogens with zero attached hydrogens (tertiary/aromatic N) is 6. The summed E-state index contributed by atoms with van der Waals surface area (Å²) in [4.78, 5) is 32.2. The van der Waals surface area contributed by atoms with Crippen LogP contribution < -0.4 is 5.32 Å². The second-order valence-corrected chi connectivity index (χ2v) is 4.45. The number of carbonyl (C=O) groups excluding carboxylic acids is 1. The fourth-order valence-corrected chi connectivity index (χ4v) is 1.81. The number of nitrogens with one attached hydrogen (secondary N) is 1. The zero-order valence-corrected chi connectivity index (χ0v) is 12.1. The Hall–Kier alpha value is -3.31. The Morgan fingerprint density at radius 2 is 2.00 bits per heavy atom. The topological polar surface area (TPSA) is 151 Å². The first-order chi connectivity index (χ1) is 10.9. The van der Waals surface area contributed by atoms with E-state index < -0.39 is 15.8 Å². The average molecular weight is 323 g/mol. The number of aromatic nitrogens is 4. The molecule has 1 N–H and O–H groups in total. The smallest absolute Gasteiger partial charge is 0.320 e.